The second kappa shape index (κ2) is 4.75. The van der Waals surface area contributed by atoms with Crippen LogP contribution < -0.4 is 0 Å². The molecular weight excluding hydrogens is 212 g/mol. The lowest BCUT2D eigenvalue weighted by molar-refractivity contribution is 0.0973. The Labute approximate surface area is 99.7 Å². The fourth-order valence-electron chi connectivity index (χ4n) is 1.69. The van der Waals surface area contributed by atoms with Gasteiger partial charge in [0.1, 0.15) is 0 Å². The zero-order valence-electron chi connectivity index (χ0n) is 9.55. The number of nitriles is 1. The van der Waals surface area contributed by atoms with Crippen molar-refractivity contribution in [1.82, 2.24) is 4.98 Å². The van der Waals surface area contributed by atoms with Gasteiger partial charge >= 0.3 is 0 Å². The number of pyridine rings is 1. The molecule has 0 fully saturated rings. The second-order valence-electron chi connectivity index (χ2n) is 4.07. The van der Waals surface area contributed by atoms with E-state index in [0.717, 1.165) is 10.9 Å². The van der Waals surface area contributed by atoms with Crippen molar-refractivity contribution in [1.29, 1.82) is 5.26 Å². The maximum absolute atomic E-state index is 11.9. The topological polar surface area (TPSA) is 53.8 Å². The lowest BCUT2D eigenvalue weighted by atomic mass is 9.99. The van der Waals surface area contributed by atoms with E-state index in [1.54, 1.807) is 19.2 Å². The Balaban J connectivity index is 2.31. The molecule has 1 atom stereocenters. The van der Waals surface area contributed by atoms with Gasteiger partial charge in [0.2, 0.25) is 0 Å². The van der Waals surface area contributed by atoms with Crippen molar-refractivity contribution in [2.24, 2.45) is 5.92 Å². The Morgan fingerprint density at radius 2 is 2.29 bits per heavy atom. The molecule has 3 nitrogen and oxygen atoms in total. The Kier molecular flexibility index (Phi) is 3.15. The summed E-state index contributed by atoms with van der Waals surface area (Å²) in [4.78, 5) is 16.1. The predicted molar refractivity (Wildman–Crippen MR) is 65.5 cm³/mol. The van der Waals surface area contributed by atoms with E-state index in [9.17, 15) is 4.79 Å². The number of hydrogen-bond donors (Lipinski definition) is 0. The zero-order chi connectivity index (χ0) is 12.3. The van der Waals surface area contributed by atoms with Crippen LogP contribution >= 0.6 is 0 Å². The zero-order valence-corrected chi connectivity index (χ0v) is 9.55. The molecule has 0 saturated heterocycles. The van der Waals surface area contributed by atoms with Crippen molar-refractivity contribution in [2.45, 2.75) is 13.3 Å². The van der Waals surface area contributed by atoms with Gasteiger partial charge in [-0.05, 0) is 31.2 Å². The Morgan fingerprint density at radius 1 is 1.47 bits per heavy atom. The highest BCUT2D eigenvalue weighted by Gasteiger charge is 2.11. The lowest BCUT2D eigenvalue weighted by Gasteiger charge is -2.03. The highest BCUT2D eigenvalue weighted by Crippen LogP contribution is 2.16. The molecule has 2 rings (SSSR count). The van der Waals surface area contributed by atoms with Crippen molar-refractivity contribution >= 4 is 16.7 Å². The van der Waals surface area contributed by atoms with E-state index < -0.39 is 0 Å². The summed E-state index contributed by atoms with van der Waals surface area (Å²) >= 11 is 0. The van der Waals surface area contributed by atoms with Crippen molar-refractivity contribution in [3.8, 4) is 6.07 Å². The molecule has 1 aromatic heterocycles. The number of fused-ring (bicyclic) bond motifs is 1. The molecule has 0 radical (unpaired) electrons. The third-order valence-corrected chi connectivity index (χ3v) is 2.64. The minimum absolute atomic E-state index is 0.00445. The summed E-state index contributed by atoms with van der Waals surface area (Å²) in [5, 5.41) is 9.64. The maximum atomic E-state index is 11.9. The average Bonchev–Trinajstić information content (AvgIpc) is 2.38. The van der Waals surface area contributed by atoms with Crippen LogP contribution in [-0.2, 0) is 0 Å². The minimum Gasteiger partial charge on any atom is -0.294 e. The number of aromatic nitrogens is 1. The molecule has 1 unspecified atom stereocenters. The average molecular weight is 224 g/mol. The van der Waals surface area contributed by atoms with Crippen LogP contribution in [0.1, 0.15) is 23.7 Å². The fraction of sp³-hybridized carbons (Fsp3) is 0.214. The molecule has 17 heavy (non-hydrogen) atoms. The van der Waals surface area contributed by atoms with E-state index in [1.807, 2.05) is 24.3 Å². The first-order chi connectivity index (χ1) is 8.20. The van der Waals surface area contributed by atoms with Crippen LogP contribution in [0.4, 0.5) is 0 Å². The van der Waals surface area contributed by atoms with Crippen LogP contribution in [-0.4, -0.2) is 10.8 Å². The quantitative estimate of drug-likeness (QED) is 0.753. The summed E-state index contributed by atoms with van der Waals surface area (Å²) in [6.45, 7) is 1.75. The molecule has 0 spiro atoms. The normalized spacial score (nSPS) is 12.0. The van der Waals surface area contributed by atoms with Gasteiger partial charge in [-0.2, -0.15) is 5.26 Å². The van der Waals surface area contributed by atoms with Gasteiger partial charge in [-0.15, -0.1) is 0 Å². The monoisotopic (exact) mass is 224 g/mol. The molecular formula is C14H12N2O. The van der Waals surface area contributed by atoms with Gasteiger partial charge in [0.25, 0.3) is 0 Å². The van der Waals surface area contributed by atoms with E-state index >= 15 is 0 Å². The smallest absolute Gasteiger partial charge is 0.164 e. The van der Waals surface area contributed by atoms with Gasteiger partial charge < -0.3 is 0 Å². The number of nitrogens with zero attached hydrogens (tertiary/aromatic N) is 2. The summed E-state index contributed by atoms with van der Waals surface area (Å²) in [5.74, 6) is -0.239. The molecule has 0 aliphatic rings. The van der Waals surface area contributed by atoms with Crippen LogP contribution in [0.25, 0.3) is 10.9 Å². The number of carbonyl (C=O) groups is 1. The van der Waals surface area contributed by atoms with Gasteiger partial charge in [0, 0.05) is 23.6 Å². The van der Waals surface area contributed by atoms with Gasteiger partial charge in [0.05, 0.1) is 17.5 Å². The molecule has 0 aliphatic carbocycles. The fourth-order valence-corrected chi connectivity index (χ4v) is 1.69. The summed E-state index contributed by atoms with van der Waals surface area (Å²) in [5.41, 5.74) is 1.52. The number of carbonyl (C=O) groups excluding carboxylic acids is 1. The minimum atomic E-state index is -0.243. The number of hydrogen-bond acceptors (Lipinski definition) is 3. The first-order valence-corrected chi connectivity index (χ1v) is 5.48. The maximum Gasteiger partial charge on any atom is 0.164 e. The molecule has 3 heteroatoms. The second-order valence-corrected chi connectivity index (χ2v) is 4.07. The van der Waals surface area contributed by atoms with E-state index in [1.165, 1.54) is 0 Å². The molecule has 0 aliphatic heterocycles. The molecule has 1 heterocycles. The summed E-state index contributed by atoms with van der Waals surface area (Å²) in [7, 11) is 0. The van der Waals surface area contributed by atoms with E-state index in [4.69, 9.17) is 5.26 Å². The molecule has 0 N–H and O–H groups in total. The predicted octanol–water partition coefficient (Wildman–Crippen LogP) is 2.97. The molecule has 84 valence electrons. The number of rotatable bonds is 3. The van der Waals surface area contributed by atoms with Crippen LogP contribution in [0, 0.1) is 17.2 Å². The van der Waals surface area contributed by atoms with Gasteiger partial charge in [-0.3, -0.25) is 9.78 Å². The number of ketones is 1. The van der Waals surface area contributed by atoms with Crippen molar-refractivity contribution in [2.75, 3.05) is 0 Å². The first kappa shape index (κ1) is 11.3. The SMILES string of the molecule is CC(C#N)CC(=O)c1ccc2ncccc2c1. The third-order valence-electron chi connectivity index (χ3n) is 2.64. The molecule has 0 amide bonds. The van der Waals surface area contributed by atoms with E-state index in [0.29, 0.717) is 5.56 Å². The van der Waals surface area contributed by atoms with Crippen LogP contribution in [0.5, 0.6) is 0 Å². The van der Waals surface area contributed by atoms with Gasteiger partial charge in [-0.25, -0.2) is 0 Å². The molecule has 0 bridgehead atoms. The van der Waals surface area contributed by atoms with Crippen LogP contribution in [0.3, 0.4) is 0 Å². The summed E-state index contributed by atoms with van der Waals surface area (Å²) < 4.78 is 0. The van der Waals surface area contributed by atoms with Gasteiger partial charge in [0.15, 0.2) is 5.78 Å². The highest BCUT2D eigenvalue weighted by atomic mass is 16.1. The standard InChI is InChI=1S/C14H12N2O/c1-10(9-15)7-14(17)12-4-5-13-11(8-12)3-2-6-16-13/h2-6,8,10H,7H2,1H3. The van der Waals surface area contributed by atoms with E-state index in [-0.39, 0.29) is 18.1 Å². The van der Waals surface area contributed by atoms with Gasteiger partial charge in [-0.1, -0.05) is 6.07 Å². The lowest BCUT2D eigenvalue weighted by Crippen LogP contribution is -2.04. The first-order valence-electron chi connectivity index (χ1n) is 5.48. The van der Waals surface area contributed by atoms with Crippen molar-refractivity contribution in [3.63, 3.8) is 0 Å². The number of Topliss-reactive ketones (excluding diaryl/α,β-unsaturated/α-hetero) is 1. The highest BCUT2D eigenvalue weighted by molar-refractivity contribution is 5.99. The van der Waals surface area contributed by atoms with Crippen LogP contribution in [0.2, 0.25) is 0 Å². The largest absolute Gasteiger partial charge is 0.294 e. The Bertz CT molecular complexity index is 598. The number of benzene rings is 1. The summed E-state index contributed by atoms with van der Waals surface area (Å²) in [6, 6.07) is 11.3. The molecule has 0 saturated carbocycles. The Hall–Kier alpha value is -2.21. The van der Waals surface area contributed by atoms with Crippen molar-refractivity contribution < 1.29 is 4.79 Å². The molecule has 1 aromatic carbocycles. The molecule has 2 aromatic rings. The summed E-state index contributed by atoms with van der Waals surface area (Å²) in [6.07, 6.45) is 1.99. The Morgan fingerprint density at radius 3 is 3.06 bits per heavy atom. The van der Waals surface area contributed by atoms with Crippen LogP contribution in [0.15, 0.2) is 36.5 Å². The van der Waals surface area contributed by atoms with Crippen molar-refractivity contribution in [3.05, 3.63) is 42.1 Å². The van der Waals surface area contributed by atoms with E-state index in [2.05, 4.69) is 11.1 Å². The third kappa shape index (κ3) is 2.48.